The molecule has 2 unspecified atom stereocenters. The summed E-state index contributed by atoms with van der Waals surface area (Å²) in [4.78, 5) is 5.04. The SMILES string of the molecule is CNC1C(CN2CCCN(CCO)CC2)CCC1(C)C. The normalized spacial score (nSPS) is 32.4. The number of nitrogens with one attached hydrogen (secondary N) is 1. The molecule has 2 atom stereocenters. The Morgan fingerprint density at radius 2 is 1.85 bits per heavy atom. The fraction of sp³-hybridized carbons (Fsp3) is 1.00. The van der Waals surface area contributed by atoms with E-state index in [1.165, 1.54) is 32.4 Å². The Hall–Kier alpha value is -0.160. The molecule has 2 fully saturated rings. The van der Waals surface area contributed by atoms with Crippen molar-refractivity contribution in [2.45, 2.75) is 39.2 Å². The van der Waals surface area contributed by atoms with Crippen LogP contribution in [0.4, 0.5) is 0 Å². The molecule has 4 heteroatoms. The lowest BCUT2D eigenvalue weighted by atomic mass is 9.85. The number of hydrogen-bond donors (Lipinski definition) is 2. The van der Waals surface area contributed by atoms with E-state index >= 15 is 0 Å². The standard InChI is InChI=1S/C16H33N3O/c1-16(2)6-5-14(15(16)17-3)13-19-8-4-7-18(9-10-19)11-12-20/h14-15,17,20H,4-13H2,1-3H3. The van der Waals surface area contributed by atoms with E-state index in [9.17, 15) is 0 Å². The molecule has 1 saturated heterocycles. The third kappa shape index (κ3) is 3.94. The molecular weight excluding hydrogens is 250 g/mol. The van der Waals surface area contributed by atoms with Crippen LogP contribution in [-0.2, 0) is 0 Å². The van der Waals surface area contributed by atoms with Crippen molar-refractivity contribution in [3.63, 3.8) is 0 Å². The van der Waals surface area contributed by atoms with Gasteiger partial charge in [-0.15, -0.1) is 0 Å². The van der Waals surface area contributed by atoms with Crippen LogP contribution in [0.3, 0.4) is 0 Å². The highest BCUT2D eigenvalue weighted by Crippen LogP contribution is 2.41. The second-order valence-corrected chi connectivity index (χ2v) is 7.27. The van der Waals surface area contributed by atoms with Crippen molar-refractivity contribution in [2.24, 2.45) is 11.3 Å². The van der Waals surface area contributed by atoms with Gasteiger partial charge in [-0.3, -0.25) is 4.90 Å². The summed E-state index contributed by atoms with van der Waals surface area (Å²) in [6, 6.07) is 0.652. The van der Waals surface area contributed by atoms with Gasteiger partial charge in [0.15, 0.2) is 0 Å². The van der Waals surface area contributed by atoms with Gasteiger partial charge < -0.3 is 15.3 Å². The van der Waals surface area contributed by atoms with Crippen molar-refractivity contribution in [1.82, 2.24) is 15.1 Å². The monoisotopic (exact) mass is 283 g/mol. The maximum Gasteiger partial charge on any atom is 0.0558 e. The molecule has 0 aromatic rings. The van der Waals surface area contributed by atoms with Gasteiger partial charge in [0.2, 0.25) is 0 Å². The van der Waals surface area contributed by atoms with E-state index in [0.717, 1.165) is 32.1 Å². The van der Waals surface area contributed by atoms with E-state index in [1.54, 1.807) is 0 Å². The highest BCUT2D eigenvalue weighted by molar-refractivity contribution is 4.96. The molecule has 2 N–H and O–H groups in total. The predicted molar refractivity (Wildman–Crippen MR) is 83.9 cm³/mol. The van der Waals surface area contributed by atoms with Gasteiger partial charge in [0.25, 0.3) is 0 Å². The lowest BCUT2D eigenvalue weighted by Gasteiger charge is -2.33. The van der Waals surface area contributed by atoms with Gasteiger partial charge >= 0.3 is 0 Å². The minimum absolute atomic E-state index is 0.290. The maximum absolute atomic E-state index is 9.07. The molecule has 2 rings (SSSR count). The van der Waals surface area contributed by atoms with Crippen LogP contribution >= 0.6 is 0 Å². The Balaban J connectivity index is 1.84. The zero-order valence-electron chi connectivity index (χ0n) is 13.6. The summed E-state index contributed by atoms with van der Waals surface area (Å²) in [7, 11) is 2.12. The molecule has 118 valence electrons. The van der Waals surface area contributed by atoms with Crippen LogP contribution in [0.25, 0.3) is 0 Å². The molecule has 2 aliphatic rings. The smallest absolute Gasteiger partial charge is 0.0558 e. The highest BCUT2D eigenvalue weighted by Gasteiger charge is 2.41. The van der Waals surface area contributed by atoms with Crippen LogP contribution < -0.4 is 5.32 Å². The summed E-state index contributed by atoms with van der Waals surface area (Å²) >= 11 is 0. The van der Waals surface area contributed by atoms with Crippen LogP contribution in [0, 0.1) is 11.3 Å². The molecule has 0 aromatic carbocycles. The average Bonchev–Trinajstić information content (AvgIpc) is 2.57. The summed E-state index contributed by atoms with van der Waals surface area (Å²) in [6.45, 7) is 11.8. The van der Waals surface area contributed by atoms with E-state index in [4.69, 9.17) is 5.11 Å². The van der Waals surface area contributed by atoms with E-state index in [-0.39, 0.29) is 0 Å². The van der Waals surface area contributed by atoms with Gasteiger partial charge in [0, 0.05) is 32.2 Å². The van der Waals surface area contributed by atoms with Crippen molar-refractivity contribution in [3.05, 3.63) is 0 Å². The van der Waals surface area contributed by atoms with E-state index < -0.39 is 0 Å². The topological polar surface area (TPSA) is 38.7 Å². The fourth-order valence-electron chi connectivity index (χ4n) is 4.24. The van der Waals surface area contributed by atoms with Crippen molar-refractivity contribution in [1.29, 1.82) is 0 Å². The molecular formula is C16H33N3O. The fourth-order valence-corrected chi connectivity index (χ4v) is 4.24. The molecule has 1 aliphatic heterocycles. The molecule has 0 aromatic heterocycles. The molecule has 4 nitrogen and oxygen atoms in total. The second-order valence-electron chi connectivity index (χ2n) is 7.27. The number of nitrogens with zero attached hydrogens (tertiary/aromatic N) is 2. The number of rotatable bonds is 5. The Morgan fingerprint density at radius 3 is 2.55 bits per heavy atom. The minimum atomic E-state index is 0.290. The van der Waals surface area contributed by atoms with Gasteiger partial charge in [0.1, 0.15) is 0 Å². The first-order valence-corrected chi connectivity index (χ1v) is 8.29. The molecule has 0 radical (unpaired) electrons. The van der Waals surface area contributed by atoms with Gasteiger partial charge in [-0.05, 0) is 50.7 Å². The van der Waals surface area contributed by atoms with Gasteiger partial charge in [-0.1, -0.05) is 13.8 Å². The van der Waals surface area contributed by atoms with Crippen molar-refractivity contribution in [3.8, 4) is 0 Å². The van der Waals surface area contributed by atoms with E-state index in [2.05, 4.69) is 36.0 Å². The zero-order valence-corrected chi connectivity index (χ0v) is 13.6. The Labute approximate surface area is 124 Å². The number of β-amino-alcohol motifs (C(OH)–C–C–N with tert-alkyl or cyclic N) is 1. The van der Waals surface area contributed by atoms with Crippen LogP contribution in [0.5, 0.6) is 0 Å². The van der Waals surface area contributed by atoms with E-state index in [0.29, 0.717) is 18.1 Å². The van der Waals surface area contributed by atoms with Crippen molar-refractivity contribution in [2.75, 3.05) is 52.9 Å². The lowest BCUT2D eigenvalue weighted by molar-refractivity contribution is 0.179. The summed E-state index contributed by atoms with van der Waals surface area (Å²) in [5.41, 5.74) is 0.439. The average molecular weight is 283 g/mol. The van der Waals surface area contributed by atoms with E-state index in [1.807, 2.05) is 0 Å². The molecule has 1 saturated carbocycles. The first-order chi connectivity index (χ1) is 9.56. The van der Waals surface area contributed by atoms with Crippen LogP contribution in [-0.4, -0.2) is 73.9 Å². The van der Waals surface area contributed by atoms with Gasteiger partial charge in [0.05, 0.1) is 6.61 Å². The third-order valence-corrected chi connectivity index (χ3v) is 5.37. The Bertz CT molecular complexity index is 295. The minimum Gasteiger partial charge on any atom is -0.395 e. The van der Waals surface area contributed by atoms with Gasteiger partial charge in [-0.25, -0.2) is 0 Å². The number of aliphatic hydroxyl groups excluding tert-OH is 1. The van der Waals surface area contributed by atoms with Crippen LogP contribution in [0.15, 0.2) is 0 Å². The Kier molecular flexibility index (Phi) is 5.84. The van der Waals surface area contributed by atoms with Gasteiger partial charge in [-0.2, -0.15) is 0 Å². The lowest BCUT2D eigenvalue weighted by Crippen LogP contribution is -2.44. The molecule has 1 heterocycles. The summed E-state index contributed by atoms with van der Waals surface area (Å²) in [5.74, 6) is 0.791. The third-order valence-electron chi connectivity index (χ3n) is 5.37. The summed E-state index contributed by atoms with van der Waals surface area (Å²) < 4.78 is 0. The van der Waals surface area contributed by atoms with Crippen LogP contribution in [0.1, 0.15) is 33.1 Å². The largest absolute Gasteiger partial charge is 0.395 e. The number of hydrogen-bond acceptors (Lipinski definition) is 4. The molecule has 0 amide bonds. The zero-order chi connectivity index (χ0) is 14.6. The summed E-state index contributed by atoms with van der Waals surface area (Å²) in [5, 5.41) is 12.6. The molecule has 0 bridgehead atoms. The second kappa shape index (κ2) is 7.21. The first kappa shape index (κ1) is 16.2. The van der Waals surface area contributed by atoms with Crippen molar-refractivity contribution >= 4 is 0 Å². The maximum atomic E-state index is 9.07. The highest BCUT2D eigenvalue weighted by atomic mass is 16.3. The van der Waals surface area contributed by atoms with Crippen LogP contribution in [0.2, 0.25) is 0 Å². The molecule has 20 heavy (non-hydrogen) atoms. The first-order valence-electron chi connectivity index (χ1n) is 8.29. The number of aliphatic hydroxyl groups is 1. The predicted octanol–water partition coefficient (Wildman–Crippen LogP) is 1.01. The Morgan fingerprint density at radius 1 is 1.15 bits per heavy atom. The van der Waals surface area contributed by atoms with Crippen molar-refractivity contribution < 1.29 is 5.11 Å². The molecule has 1 aliphatic carbocycles. The quantitative estimate of drug-likeness (QED) is 0.790. The molecule has 0 spiro atoms. The summed E-state index contributed by atoms with van der Waals surface area (Å²) in [6.07, 6.45) is 3.93.